The summed E-state index contributed by atoms with van der Waals surface area (Å²) in [5, 5.41) is 0.239. The number of ether oxygens (including phenoxy) is 1. The first kappa shape index (κ1) is 20.8. The second-order valence-corrected chi connectivity index (χ2v) is 6.97. The lowest BCUT2D eigenvalue weighted by Crippen LogP contribution is -2.12. The molecular formula is C21H16Cl2FN3O2. The van der Waals surface area contributed by atoms with Gasteiger partial charge in [0, 0.05) is 39.7 Å². The number of nitrogens with zero attached hydrogens (tertiary/aromatic N) is 2. The van der Waals surface area contributed by atoms with E-state index in [2.05, 4.69) is 16.5 Å². The molecule has 0 spiro atoms. The van der Waals surface area contributed by atoms with E-state index in [0.29, 0.717) is 33.3 Å². The van der Waals surface area contributed by atoms with Crippen molar-refractivity contribution in [3.8, 4) is 17.1 Å². The Morgan fingerprint density at radius 2 is 1.90 bits per heavy atom. The number of primary amides is 1. The Hall–Kier alpha value is -2.96. The molecule has 0 aliphatic carbocycles. The van der Waals surface area contributed by atoms with Crippen molar-refractivity contribution >= 4 is 34.7 Å². The highest BCUT2D eigenvalue weighted by molar-refractivity contribution is 6.36. The molecule has 0 saturated heterocycles. The molecule has 148 valence electrons. The van der Waals surface area contributed by atoms with Crippen LogP contribution in [0.5, 0.6) is 5.75 Å². The van der Waals surface area contributed by atoms with Crippen LogP contribution in [0, 0.1) is 5.82 Å². The van der Waals surface area contributed by atoms with Crippen LogP contribution in [0.15, 0.2) is 55.4 Å². The van der Waals surface area contributed by atoms with Crippen LogP contribution in [0.4, 0.5) is 4.39 Å². The summed E-state index contributed by atoms with van der Waals surface area (Å²) in [5.74, 6) is -0.284. The number of hydrogen-bond donors (Lipinski definition) is 1. The zero-order chi connectivity index (χ0) is 21.1. The minimum atomic E-state index is -0.639. The minimum Gasteiger partial charge on any atom is -0.486 e. The molecule has 0 radical (unpaired) electrons. The van der Waals surface area contributed by atoms with E-state index < -0.39 is 17.8 Å². The zero-order valence-corrected chi connectivity index (χ0v) is 16.8. The molecule has 0 bridgehead atoms. The number of aromatic nitrogens is 2. The molecule has 29 heavy (non-hydrogen) atoms. The van der Waals surface area contributed by atoms with Crippen LogP contribution in [-0.2, 0) is 4.79 Å². The molecule has 0 saturated carbocycles. The largest absolute Gasteiger partial charge is 0.486 e. The summed E-state index contributed by atoms with van der Waals surface area (Å²) >= 11 is 12.2. The molecule has 0 fully saturated rings. The van der Waals surface area contributed by atoms with Gasteiger partial charge in [-0.15, -0.1) is 0 Å². The molecule has 8 heteroatoms. The van der Waals surface area contributed by atoms with Gasteiger partial charge < -0.3 is 10.5 Å². The lowest BCUT2D eigenvalue weighted by molar-refractivity contribution is -0.112. The van der Waals surface area contributed by atoms with Crippen molar-refractivity contribution in [2.75, 3.05) is 0 Å². The van der Waals surface area contributed by atoms with Crippen molar-refractivity contribution < 1.29 is 13.9 Å². The van der Waals surface area contributed by atoms with Crippen LogP contribution in [0.1, 0.15) is 24.2 Å². The molecule has 5 nitrogen and oxygen atoms in total. The number of hydrogen-bond acceptors (Lipinski definition) is 4. The molecule has 0 aliphatic heterocycles. The average Bonchev–Trinajstić information content (AvgIpc) is 2.71. The number of amides is 1. The van der Waals surface area contributed by atoms with Gasteiger partial charge in [-0.3, -0.25) is 4.79 Å². The lowest BCUT2D eigenvalue weighted by Gasteiger charge is -2.18. The Bertz CT molecular complexity index is 1090. The monoisotopic (exact) mass is 431 g/mol. The van der Waals surface area contributed by atoms with E-state index in [4.69, 9.17) is 33.7 Å². The van der Waals surface area contributed by atoms with Gasteiger partial charge in [0.15, 0.2) is 5.82 Å². The summed E-state index contributed by atoms with van der Waals surface area (Å²) in [6.45, 7) is 5.32. The highest BCUT2D eigenvalue weighted by Gasteiger charge is 2.19. The van der Waals surface area contributed by atoms with Gasteiger partial charge in [0.1, 0.15) is 17.7 Å². The molecule has 1 unspecified atom stereocenters. The quantitative estimate of drug-likeness (QED) is 0.428. The Balaban J connectivity index is 1.84. The fraction of sp³-hybridized carbons (Fsp3) is 0.0952. The molecule has 1 aromatic heterocycles. The van der Waals surface area contributed by atoms with Gasteiger partial charge >= 0.3 is 0 Å². The van der Waals surface area contributed by atoms with Crippen LogP contribution in [0.2, 0.25) is 10.0 Å². The van der Waals surface area contributed by atoms with Crippen molar-refractivity contribution in [1.29, 1.82) is 0 Å². The number of rotatable bonds is 6. The summed E-state index contributed by atoms with van der Waals surface area (Å²) in [6, 6.07) is 9.68. The predicted molar refractivity (Wildman–Crippen MR) is 111 cm³/mol. The molecule has 2 aromatic carbocycles. The van der Waals surface area contributed by atoms with Crippen molar-refractivity contribution in [1.82, 2.24) is 9.97 Å². The maximum absolute atomic E-state index is 13.8. The number of carbonyl (C=O) groups excluding carboxylic acids is 1. The first-order valence-corrected chi connectivity index (χ1v) is 9.25. The average molecular weight is 432 g/mol. The van der Waals surface area contributed by atoms with Gasteiger partial charge in [-0.25, -0.2) is 14.4 Å². The fourth-order valence-electron chi connectivity index (χ4n) is 2.66. The smallest absolute Gasteiger partial charge is 0.248 e. The van der Waals surface area contributed by atoms with E-state index in [1.165, 1.54) is 24.5 Å². The Kier molecular flexibility index (Phi) is 6.15. The Morgan fingerprint density at radius 1 is 1.21 bits per heavy atom. The number of benzene rings is 2. The van der Waals surface area contributed by atoms with Crippen molar-refractivity contribution in [3.63, 3.8) is 0 Å². The molecule has 2 N–H and O–H groups in total. The third-order valence-corrected chi connectivity index (χ3v) is 4.90. The highest BCUT2D eigenvalue weighted by Crippen LogP contribution is 2.35. The molecule has 1 atom stereocenters. The van der Waals surface area contributed by atoms with Crippen LogP contribution in [-0.4, -0.2) is 15.9 Å². The topological polar surface area (TPSA) is 78.1 Å². The normalized spacial score (nSPS) is 11.7. The van der Waals surface area contributed by atoms with Gasteiger partial charge in [-0.2, -0.15) is 0 Å². The molecule has 1 amide bonds. The van der Waals surface area contributed by atoms with Crippen molar-refractivity contribution in [2.24, 2.45) is 5.73 Å². The van der Waals surface area contributed by atoms with Gasteiger partial charge in [0.2, 0.25) is 5.91 Å². The van der Waals surface area contributed by atoms with Crippen LogP contribution >= 0.6 is 23.2 Å². The Labute approximate surface area is 177 Å². The van der Waals surface area contributed by atoms with Gasteiger partial charge in [0.05, 0.1) is 5.02 Å². The maximum Gasteiger partial charge on any atom is 0.248 e. The predicted octanol–water partition coefficient (Wildman–Crippen LogP) is 5.23. The van der Waals surface area contributed by atoms with Crippen LogP contribution in [0.3, 0.4) is 0 Å². The highest BCUT2D eigenvalue weighted by atomic mass is 35.5. The number of halogens is 3. The molecule has 3 aromatic rings. The summed E-state index contributed by atoms with van der Waals surface area (Å²) in [5.41, 5.74) is 6.83. The standard InChI is InChI=1S/C21H16Cl2FN3O2/c1-11(20(25)28)14-9-26-21(27-10-14)13-4-3-5-15(8-13)29-12(2)18-16(22)6-7-17(24)19(18)23/h3-10,12H,1H2,2H3,(H2,25,28). The second-order valence-electron chi connectivity index (χ2n) is 6.18. The third kappa shape index (κ3) is 4.55. The van der Waals surface area contributed by atoms with E-state index >= 15 is 0 Å². The molecule has 1 heterocycles. The third-order valence-electron chi connectivity index (χ3n) is 4.19. The fourth-order valence-corrected chi connectivity index (χ4v) is 3.34. The summed E-state index contributed by atoms with van der Waals surface area (Å²) in [6.07, 6.45) is 2.35. The van der Waals surface area contributed by atoms with E-state index in [-0.39, 0.29) is 10.6 Å². The molecular weight excluding hydrogens is 416 g/mol. The zero-order valence-electron chi connectivity index (χ0n) is 15.3. The Morgan fingerprint density at radius 3 is 2.55 bits per heavy atom. The van der Waals surface area contributed by atoms with Gasteiger partial charge in [-0.05, 0) is 31.2 Å². The SMILES string of the molecule is C=C(C(N)=O)c1cnc(-c2cccc(OC(C)c3c(Cl)ccc(F)c3Cl)c2)nc1. The van der Waals surface area contributed by atoms with E-state index in [1.54, 1.807) is 31.2 Å². The van der Waals surface area contributed by atoms with E-state index in [1.807, 2.05) is 0 Å². The van der Waals surface area contributed by atoms with Gasteiger partial charge in [0.25, 0.3) is 0 Å². The van der Waals surface area contributed by atoms with Crippen molar-refractivity contribution in [2.45, 2.75) is 13.0 Å². The summed E-state index contributed by atoms with van der Waals surface area (Å²) in [4.78, 5) is 19.7. The molecule has 3 rings (SSSR count). The summed E-state index contributed by atoms with van der Waals surface area (Å²) < 4.78 is 19.7. The number of carbonyl (C=O) groups is 1. The van der Waals surface area contributed by atoms with Gasteiger partial charge in [-0.1, -0.05) is 41.9 Å². The van der Waals surface area contributed by atoms with Crippen molar-refractivity contribution in [3.05, 3.63) is 82.4 Å². The van der Waals surface area contributed by atoms with E-state index in [0.717, 1.165) is 0 Å². The second kappa shape index (κ2) is 8.59. The first-order chi connectivity index (χ1) is 13.8. The van der Waals surface area contributed by atoms with Crippen LogP contribution < -0.4 is 10.5 Å². The van der Waals surface area contributed by atoms with Crippen LogP contribution in [0.25, 0.3) is 17.0 Å². The number of nitrogens with two attached hydrogens (primary N) is 1. The molecule has 0 aliphatic rings. The first-order valence-electron chi connectivity index (χ1n) is 8.49. The maximum atomic E-state index is 13.8. The summed E-state index contributed by atoms with van der Waals surface area (Å²) in [7, 11) is 0. The van der Waals surface area contributed by atoms with E-state index in [9.17, 15) is 9.18 Å². The lowest BCUT2D eigenvalue weighted by atomic mass is 10.1. The minimum absolute atomic E-state index is 0.0743.